The lowest BCUT2D eigenvalue weighted by atomic mass is 9.98. The SMILES string of the molecule is CC(C)=CCCC(C)C(=O)/C=C/C(C)C. The molecule has 0 N–H and O–H groups in total. The maximum absolute atomic E-state index is 11.6. The van der Waals surface area contributed by atoms with Gasteiger partial charge in [-0.15, -0.1) is 0 Å². The van der Waals surface area contributed by atoms with Crippen LogP contribution >= 0.6 is 0 Å². The first-order valence-corrected chi connectivity index (χ1v) is 5.79. The summed E-state index contributed by atoms with van der Waals surface area (Å²) in [4.78, 5) is 11.6. The van der Waals surface area contributed by atoms with Crippen molar-refractivity contribution in [2.75, 3.05) is 0 Å². The van der Waals surface area contributed by atoms with Crippen LogP contribution in [-0.2, 0) is 4.79 Å². The van der Waals surface area contributed by atoms with E-state index in [4.69, 9.17) is 0 Å². The van der Waals surface area contributed by atoms with Gasteiger partial charge in [0, 0.05) is 5.92 Å². The number of ketones is 1. The molecular weight excluding hydrogens is 184 g/mol. The van der Waals surface area contributed by atoms with E-state index in [1.165, 1.54) is 5.57 Å². The van der Waals surface area contributed by atoms with E-state index in [1.54, 1.807) is 6.08 Å². The highest BCUT2D eigenvalue weighted by atomic mass is 16.1. The van der Waals surface area contributed by atoms with Crippen LogP contribution in [0.15, 0.2) is 23.8 Å². The highest BCUT2D eigenvalue weighted by Crippen LogP contribution is 2.10. The fraction of sp³-hybridized carbons (Fsp3) is 0.643. The molecule has 0 rings (SSSR count). The van der Waals surface area contributed by atoms with Gasteiger partial charge in [0.05, 0.1) is 0 Å². The third-order valence-electron chi connectivity index (χ3n) is 2.28. The highest BCUT2D eigenvalue weighted by molar-refractivity contribution is 5.91. The summed E-state index contributed by atoms with van der Waals surface area (Å²) in [5.74, 6) is 0.861. The van der Waals surface area contributed by atoms with Gasteiger partial charge in [0.1, 0.15) is 0 Å². The Kier molecular flexibility index (Phi) is 7.02. The zero-order chi connectivity index (χ0) is 11.8. The van der Waals surface area contributed by atoms with Crippen LogP contribution in [0.3, 0.4) is 0 Å². The van der Waals surface area contributed by atoms with E-state index in [2.05, 4.69) is 33.8 Å². The van der Waals surface area contributed by atoms with Crippen molar-refractivity contribution in [1.82, 2.24) is 0 Å². The molecular formula is C14H24O. The van der Waals surface area contributed by atoms with E-state index in [0.717, 1.165) is 12.8 Å². The standard InChI is InChI=1S/C14H24O/c1-11(2)7-6-8-13(5)14(15)10-9-12(3)4/h7,9-10,12-13H,6,8H2,1-5H3/b10-9+. The molecule has 0 aliphatic carbocycles. The summed E-state index contributed by atoms with van der Waals surface area (Å²) in [5.41, 5.74) is 1.33. The number of rotatable bonds is 6. The molecule has 86 valence electrons. The zero-order valence-electron chi connectivity index (χ0n) is 10.7. The van der Waals surface area contributed by atoms with Gasteiger partial charge in [-0.1, -0.05) is 38.5 Å². The first kappa shape index (κ1) is 14.2. The van der Waals surface area contributed by atoms with E-state index in [1.807, 2.05) is 13.0 Å². The molecule has 0 aliphatic heterocycles. The Hall–Kier alpha value is -0.850. The highest BCUT2D eigenvalue weighted by Gasteiger charge is 2.08. The smallest absolute Gasteiger partial charge is 0.158 e. The molecule has 0 aliphatic rings. The minimum atomic E-state index is 0.149. The van der Waals surface area contributed by atoms with E-state index in [-0.39, 0.29) is 11.7 Å². The third-order valence-corrected chi connectivity index (χ3v) is 2.28. The topological polar surface area (TPSA) is 17.1 Å². The monoisotopic (exact) mass is 208 g/mol. The number of carbonyl (C=O) groups excluding carboxylic acids is 1. The lowest BCUT2D eigenvalue weighted by molar-refractivity contribution is -0.117. The lowest BCUT2D eigenvalue weighted by Gasteiger charge is -2.05. The van der Waals surface area contributed by atoms with Crippen LogP contribution in [0.1, 0.15) is 47.5 Å². The van der Waals surface area contributed by atoms with E-state index >= 15 is 0 Å². The fourth-order valence-corrected chi connectivity index (χ4v) is 1.22. The van der Waals surface area contributed by atoms with Gasteiger partial charge in [0.15, 0.2) is 5.78 Å². The number of hydrogen-bond donors (Lipinski definition) is 0. The van der Waals surface area contributed by atoms with Crippen LogP contribution in [0.5, 0.6) is 0 Å². The summed E-state index contributed by atoms with van der Waals surface area (Å²) in [5, 5.41) is 0. The van der Waals surface area contributed by atoms with Gasteiger partial charge in [-0.3, -0.25) is 4.79 Å². The second kappa shape index (κ2) is 7.44. The first-order valence-electron chi connectivity index (χ1n) is 5.79. The van der Waals surface area contributed by atoms with E-state index in [9.17, 15) is 4.79 Å². The van der Waals surface area contributed by atoms with Crippen LogP contribution < -0.4 is 0 Å². The van der Waals surface area contributed by atoms with Crippen molar-refractivity contribution in [3.63, 3.8) is 0 Å². The quantitative estimate of drug-likeness (QED) is 0.473. The van der Waals surface area contributed by atoms with E-state index < -0.39 is 0 Å². The van der Waals surface area contributed by atoms with Crippen molar-refractivity contribution in [3.8, 4) is 0 Å². The van der Waals surface area contributed by atoms with Gasteiger partial charge in [0.25, 0.3) is 0 Å². The minimum Gasteiger partial charge on any atom is -0.295 e. The third kappa shape index (κ3) is 8.17. The normalized spacial score (nSPS) is 13.2. The maximum Gasteiger partial charge on any atom is 0.158 e. The summed E-state index contributed by atoms with van der Waals surface area (Å²) in [6.45, 7) is 10.3. The summed E-state index contributed by atoms with van der Waals surface area (Å²) < 4.78 is 0. The van der Waals surface area contributed by atoms with Crippen LogP contribution in [0.4, 0.5) is 0 Å². The summed E-state index contributed by atoms with van der Waals surface area (Å²) >= 11 is 0. The predicted molar refractivity (Wildman–Crippen MR) is 66.8 cm³/mol. The molecule has 0 aromatic rings. The molecule has 0 bridgehead atoms. The van der Waals surface area contributed by atoms with Crippen LogP contribution in [-0.4, -0.2) is 5.78 Å². The first-order chi connectivity index (χ1) is 6.93. The molecule has 0 heterocycles. The van der Waals surface area contributed by atoms with E-state index in [0.29, 0.717) is 5.92 Å². The van der Waals surface area contributed by atoms with Gasteiger partial charge in [-0.05, 0) is 38.7 Å². The van der Waals surface area contributed by atoms with Crippen molar-refractivity contribution in [3.05, 3.63) is 23.8 Å². The second-order valence-corrected chi connectivity index (χ2v) is 4.77. The zero-order valence-corrected chi connectivity index (χ0v) is 10.7. The molecule has 0 spiro atoms. The van der Waals surface area contributed by atoms with Crippen molar-refractivity contribution in [2.45, 2.75) is 47.5 Å². The predicted octanol–water partition coefficient (Wildman–Crippen LogP) is 4.15. The van der Waals surface area contributed by atoms with Crippen molar-refractivity contribution < 1.29 is 4.79 Å². The van der Waals surface area contributed by atoms with Gasteiger partial charge in [-0.2, -0.15) is 0 Å². The number of hydrogen-bond acceptors (Lipinski definition) is 1. The van der Waals surface area contributed by atoms with Crippen molar-refractivity contribution in [2.24, 2.45) is 11.8 Å². The maximum atomic E-state index is 11.6. The molecule has 0 aromatic heterocycles. The molecule has 0 saturated heterocycles. The Balaban J connectivity index is 3.95. The second-order valence-electron chi connectivity index (χ2n) is 4.77. The van der Waals surface area contributed by atoms with Crippen LogP contribution in [0.2, 0.25) is 0 Å². The molecule has 0 aromatic carbocycles. The summed E-state index contributed by atoms with van der Waals surface area (Å²) in [6.07, 6.45) is 7.85. The molecule has 0 radical (unpaired) electrons. The van der Waals surface area contributed by atoms with Crippen LogP contribution in [0.25, 0.3) is 0 Å². The van der Waals surface area contributed by atoms with Gasteiger partial charge >= 0.3 is 0 Å². The van der Waals surface area contributed by atoms with Gasteiger partial charge < -0.3 is 0 Å². The van der Waals surface area contributed by atoms with Crippen molar-refractivity contribution in [1.29, 1.82) is 0 Å². The fourth-order valence-electron chi connectivity index (χ4n) is 1.22. The molecule has 0 amide bonds. The van der Waals surface area contributed by atoms with Crippen LogP contribution in [0, 0.1) is 11.8 Å². The lowest BCUT2D eigenvalue weighted by Crippen LogP contribution is -2.07. The summed E-state index contributed by atoms with van der Waals surface area (Å²) in [7, 11) is 0. The molecule has 0 saturated carbocycles. The Morgan fingerprint density at radius 1 is 1.20 bits per heavy atom. The molecule has 1 heteroatoms. The molecule has 1 unspecified atom stereocenters. The average molecular weight is 208 g/mol. The minimum absolute atomic E-state index is 0.149. The molecule has 0 fully saturated rings. The Labute approximate surface area is 94.3 Å². The number of carbonyl (C=O) groups is 1. The Bertz CT molecular complexity index is 242. The molecule has 1 atom stereocenters. The Morgan fingerprint density at radius 2 is 1.80 bits per heavy atom. The van der Waals surface area contributed by atoms with Gasteiger partial charge in [0.2, 0.25) is 0 Å². The average Bonchev–Trinajstić information content (AvgIpc) is 2.13. The summed E-state index contributed by atoms with van der Waals surface area (Å²) in [6, 6.07) is 0. The Morgan fingerprint density at radius 3 is 2.27 bits per heavy atom. The molecule has 15 heavy (non-hydrogen) atoms. The van der Waals surface area contributed by atoms with Gasteiger partial charge in [-0.25, -0.2) is 0 Å². The largest absolute Gasteiger partial charge is 0.295 e. The molecule has 1 nitrogen and oxygen atoms in total. The number of allylic oxidation sites excluding steroid dienone is 4. The van der Waals surface area contributed by atoms with Crippen molar-refractivity contribution >= 4 is 5.78 Å².